The number of benzene rings is 2. The summed E-state index contributed by atoms with van der Waals surface area (Å²) in [5.74, 6) is -2.76. The summed E-state index contributed by atoms with van der Waals surface area (Å²) in [6.07, 6.45) is 0. The fraction of sp³-hybridized carbons (Fsp3) is 0.118. The van der Waals surface area contributed by atoms with Crippen LogP contribution in [0.25, 0.3) is 10.8 Å². The summed E-state index contributed by atoms with van der Waals surface area (Å²) in [7, 11) is 1.50. The van der Waals surface area contributed by atoms with E-state index >= 15 is 0 Å². The van der Waals surface area contributed by atoms with Gasteiger partial charge in [-0.3, -0.25) is 9.59 Å². The Balaban J connectivity index is 1.93. The van der Waals surface area contributed by atoms with Gasteiger partial charge in [-0.25, -0.2) is 13.5 Å². The van der Waals surface area contributed by atoms with Crippen molar-refractivity contribution >= 4 is 16.7 Å². The van der Waals surface area contributed by atoms with Crippen LogP contribution < -0.4 is 10.9 Å². The van der Waals surface area contributed by atoms with E-state index in [0.717, 1.165) is 16.8 Å². The van der Waals surface area contributed by atoms with E-state index in [4.69, 9.17) is 0 Å². The summed E-state index contributed by atoms with van der Waals surface area (Å²) in [6.45, 7) is -0.0682. The number of aryl methyl sites for hydroxylation is 1. The lowest BCUT2D eigenvalue weighted by Gasteiger charge is -2.10. The van der Waals surface area contributed by atoms with Crippen LogP contribution in [0.3, 0.4) is 0 Å². The highest BCUT2D eigenvalue weighted by molar-refractivity contribution is 5.95. The molecule has 0 unspecified atom stereocenters. The zero-order valence-electron chi connectivity index (χ0n) is 12.7. The van der Waals surface area contributed by atoms with Crippen LogP contribution >= 0.6 is 0 Å². The van der Waals surface area contributed by atoms with E-state index in [1.165, 1.54) is 13.1 Å². The molecule has 3 rings (SSSR count). The molecule has 0 aliphatic heterocycles. The van der Waals surface area contributed by atoms with Gasteiger partial charge in [-0.2, -0.15) is 5.10 Å². The number of aromatic nitrogens is 2. The van der Waals surface area contributed by atoms with Crippen molar-refractivity contribution in [2.24, 2.45) is 7.05 Å². The number of carbonyl (C=O) groups excluding carboxylic acids is 1. The fourth-order valence-corrected chi connectivity index (χ4v) is 2.47. The Morgan fingerprint density at radius 2 is 1.71 bits per heavy atom. The number of hydrogen-bond donors (Lipinski definition) is 1. The van der Waals surface area contributed by atoms with Crippen molar-refractivity contribution in [1.29, 1.82) is 0 Å². The Kier molecular flexibility index (Phi) is 4.07. The summed E-state index contributed by atoms with van der Waals surface area (Å²) < 4.78 is 28.4. The van der Waals surface area contributed by atoms with Crippen molar-refractivity contribution in [3.05, 3.63) is 75.7 Å². The monoisotopic (exact) mass is 329 g/mol. The van der Waals surface area contributed by atoms with Gasteiger partial charge in [0.1, 0.15) is 17.2 Å². The number of hydrogen-bond acceptors (Lipinski definition) is 3. The van der Waals surface area contributed by atoms with Gasteiger partial charge in [-0.1, -0.05) is 24.3 Å². The molecule has 1 amide bonds. The molecule has 0 atom stereocenters. The van der Waals surface area contributed by atoms with E-state index in [1.54, 1.807) is 24.3 Å². The molecule has 0 saturated carbocycles. The number of nitrogens with one attached hydrogen (secondary N) is 1. The molecule has 1 aromatic heterocycles. The van der Waals surface area contributed by atoms with Gasteiger partial charge in [0.05, 0.1) is 17.6 Å². The highest BCUT2D eigenvalue weighted by Crippen LogP contribution is 2.14. The second kappa shape index (κ2) is 6.19. The minimum absolute atomic E-state index is 0.0682. The SMILES string of the molecule is Cn1nc(CNC(=O)c2c(F)cccc2F)c2ccccc2c1=O. The lowest BCUT2D eigenvalue weighted by Crippen LogP contribution is -2.28. The lowest BCUT2D eigenvalue weighted by atomic mass is 10.1. The third-order valence-electron chi connectivity index (χ3n) is 3.64. The van der Waals surface area contributed by atoms with Gasteiger partial charge in [0.2, 0.25) is 0 Å². The van der Waals surface area contributed by atoms with Gasteiger partial charge in [0.15, 0.2) is 0 Å². The molecule has 0 fully saturated rings. The Morgan fingerprint density at radius 1 is 1.08 bits per heavy atom. The minimum Gasteiger partial charge on any atom is -0.346 e. The average Bonchev–Trinajstić information content (AvgIpc) is 2.57. The molecule has 0 radical (unpaired) electrons. The van der Waals surface area contributed by atoms with Crippen molar-refractivity contribution in [3.63, 3.8) is 0 Å². The molecule has 7 heteroatoms. The first kappa shape index (κ1) is 15.8. The summed E-state index contributed by atoms with van der Waals surface area (Å²) in [5, 5.41) is 7.59. The zero-order valence-corrected chi connectivity index (χ0v) is 12.7. The zero-order chi connectivity index (χ0) is 17.3. The highest BCUT2D eigenvalue weighted by Gasteiger charge is 2.17. The third kappa shape index (κ3) is 2.76. The van der Waals surface area contributed by atoms with Crippen LogP contribution in [0.5, 0.6) is 0 Å². The molecule has 0 spiro atoms. The van der Waals surface area contributed by atoms with Crippen molar-refractivity contribution < 1.29 is 13.6 Å². The van der Waals surface area contributed by atoms with E-state index in [9.17, 15) is 18.4 Å². The number of fused-ring (bicyclic) bond motifs is 1. The van der Waals surface area contributed by atoms with E-state index in [1.807, 2.05) is 0 Å². The number of rotatable bonds is 3. The van der Waals surface area contributed by atoms with Crippen LogP contribution in [-0.4, -0.2) is 15.7 Å². The molecule has 2 aromatic carbocycles. The summed E-state index contributed by atoms with van der Waals surface area (Å²) >= 11 is 0. The molecular formula is C17H13F2N3O2. The molecule has 0 bridgehead atoms. The molecule has 122 valence electrons. The molecule has 0 aliphatic rings. The lowest BCUT2D eigenvalue weighted by molar-refractivity contribution is 0.0942. The Hall–Kier alpha value is -3.09. The van der Waals surface area contributed by atoms with Crippen LogP contribution in [0.4, 0.5) is 8.78 Å². The maximum atomic E-state index is 13.6. The third-order valence-corrected chi connectivity index (χ3v) is 3.64. The number of halogens is 2. The topological polar surface area (TPSA) is 64.0 Å². The standard InChI is InChI=1S/C17H13F2N3O2/c1-22-17(24)11-6-3-2-5-10(11)14(21-22)9-20-16(23)15-12(18)7-4-8-13(15)19/h2-8H,9H2,1H3,(H,20,23). The van der Waals surface area contributed by atoms with Gasteiger partial charge >= 0.3 is 0 Å². The first-order chi connectivity index (χ1) is 11.5. The molecule has 1 N–H and O–H groups in total. The predicted molar refractivity (Wildman–Crippen MR) is 84.5 cm³/mol. The summed E-state index contributed by atoms with van der Waals surface area (Å²) in [5.41, 5.74) is -0.481. The number of amides is 1. The smallest absolute Gasteiger partial charge is 0.274 e. The Morgan fingerprint density at radius 3 is 2.38 bits per heavy atom. The molecular weight excluding hydrogens is 316 g/mol. The summed E-state index contributed by atoms with van der Waals surface area (Å²) in [4.78, 5) is 24.1. The first-order valence-electron chi connectivity index (χ1n) is 7.16. The van der Waals surface area contributed by atoms with Gasteiger partial charge in [-0.15, -0.1) is 0 Å². The van der Waals surface area contributed by atoms with Gasteiger partial charge in [0, 0.05) is 12.4 Å². The van der Waals surface area contributed by atoms with Gasteiger partial charge in [-0.05, 0) is 18.2 Å². The van der Waals surface area contributed by atoms with Crippen LogP contribution in [-0.2, 0) is 13.6 Å². The summed E-state index contributed by atoms with van der Waals surface area (Å²) in [6, 6.07) is 10.0. The van der Waals surface area contributed by atoms with E-state index in [0.29, 0.717) is 16.5 Å². The Bertz CT molecular complexity index is 979. The van der Waals surface area contributed by atoms with Crippen LogP contribution in [0.1, 0.15) is 16.1 Å². The van der Waals surface area contributed by atoms with Gasteiger partial charge < -0.3 is 5.32 Å². The maximum absolute atomic E-state index is 13.6. The second-order valence-corrected chi connectivity index (χ2v) is 5.20. The Labute approximate surface area is 135 Å². The maximum Gasteiger partial charge on any atom is 0.274 e. The molecule has 5 nitrogen and oxygen atoms in total. The van der Waals surface area contributed by atoms with Crippen molar-refractivity contribution in [2.45, 2.75) is 6.54 Å². The van der Waals surface area contributed by atoms with E-state index < -0.39 is 23.1 Å². The normalized spacial score (nSPS) is 10.8. The molecule has 0 saturated heterocycles. The van der Waals surface area contributed by atoms with Gasteiger partial charge in [0.25, 0.3) is 11.5 Å². The number of carbonyl (C=O) groups is 1. The molecule has 3 aromatic rings. The quantitative estimate of drug-likeness (QED) is 0.801. The van der Waals surface area contributed by atoms with Crippen molar-refractivity contribution in [2.75, 3.05) is 0 Å². The molecule has 1 heterocycles. The molecule has 24 heavy (non-hydrogen) atoms. The van der Waals surface area contributed by atoms with Crippen LogP contribution in [0.15, 0.2) is 47.3 Å². The first-order valence-corrected chi connectivity index (χ1v) is 7.16. The minimum atomic E-state index is -0.939. The van der Waals surface area contributed by atoms with E-state index in [-0.39, 0.29) is 12.1 Å². The number of nitrogens with zero attached hydrogens (tertiary/aromatic N) is 2. The predicted octanol–water partition coefficient (Wildman–Crippen LogP) is 2.14. The van der Waals surface area contributed by atoms with Crippen LogP contribution in [0.2, 0.25) is 0 Å². The van der Waals surface area contributed by atoms with E-state index in [2.05, 4.69) is 10.4 Å². The fourth-order valence-electron chi connectivity index (χ4n) is 2.47. The molecule has 0 aliphatic carbocycles. The van der Waals surface area contributed by atoms with Crippen molar-refractivity contribution in [3.8, 4) is 0 Å². The largest absolute Gasteiger partial charge is 0.346 e. The highest BCUT2D eigenvalue weighted by atomic mass is 19.1. The second-order valence-electron chi connectivity index (χ2n) is 5.20. The average molecular weight is 329 g/mol. The van der Waals surface area contributed by atoms with Crippen molar-refractivity contribution in [1.82, 2.24) is 15.1 Å². The van der Waals surface area contributed by atoms with Crippen LogP contribution in [0, 0.1) is 11.6 Å².